The number of hydrogen-bond donors (Lipinski definition) is 0. The summed E-state index contributed by atoms with van der Waals surface area (Å²) in [6.07, 6.45) is 4.33. The third-order valence-corrected chi connectivity index (χ3v) is 3.68. The van der Waals surface area contributed by atoms with Gasteiger partial charge in [-0.05, 0) is 5.57 Å². The number of aromatic nitrogens is 2. The van der Waals surface area contributed by atoms with Gasteiger partial charge >= 0.3 is 0 Å². The number of nitrogens with zero attached hydrogens (tertiary/aromatic N) is 2. The van der Waals surface area contributed by atoms with Crippen molar-refractivity contribution in [3.63, 3.8) is 0 Å². The standard InChI is InChI=1S/C11H8N2OS/c1-6-2-7(14)3-9-10(6)8-4-12-5-13-11(8)15-9/h4-5H,1-3H2. The van der Waals surface area contributed by atoms with Gasteiger partial charge in [-0.2, -0.15) is 0 Å². The van der Waals surface area contributed by atoms with Crippen LogP contribution in [-0.4, -0.2) is 15.8 Å². The van der Waals surface area contributed by atoms with E-state index in [1.807, 2.05) is 0 Å². The summed E-state index contributed by atoms with van der Waals surface area (Å²) in [4.78, 5) is 21.7. The molecule has 1 aliphatic carbocycles. The third-order valence-electron chi connectivity index (χ3n) is 2.57. The number of ketones is 1. The molecule has 4 heteroatoms. The Hall–Kier alpha value is -1.55. The third kappa shape index (κ3) is 1.22. The Morgan fingerprint density at radius 2 is 2.27 bits per heavy atom. The number of rotatable bonds is 0. The fraction of sp³-hybridized carbons (Fsp3) is 0.182. The first-order chi connectivity index (χ1) is 7.25. The summed E-state index contributed by atoms with van der Waals surface area (Å²) >= 11 is 1.57. The van der Waals surface area contributed by atoms with Gasteiger partial charge in [0.25, 0.3) is 0 Å². The maximum absolute atomic E-state index is 11.4. The molecule has 3 rings (SSSR count). The van der Waals surface area contributed by atoms with Crippen molar-refractivity contribution in [2.75, 3.05) is 0 Å². The Balaban J connectivity index is 2.36. The Kier molecular flexibility index (Phi) is 1.73. The first-order valence-corrected chi connectivity index (χ1v) is 5.48. The number of hydrogen-bond acceptors (Lipinski definition) is 4. The van der Waals surface area contributed by atoms with Crippen LogP contribution in [0.4, 0.5) is 0 Å². The molecule has 0 amide bonds. The molecule has 2 aromatic rings. The minimum absolute atomic E-state index is 0.243. The molecule has 0 aliphatic heterocycles. The highest BCUT2D eigenvalue weighted by atomic mass is 32.1. The smallest absolute Gasteiger partial charge is 0.142 e. The first-order valence-electron chi connectivity index (χ1n) is 4.67. The van der Waals surface area contributed by atoms with Crippen molar-refractivity contribution in [1.29, 1.82) is 0 Å². The molecule has 2 heterocycles. The molecule has 2 aromatic heterocycles. The first kappa shape index (κ1) is 8.73. The molecular formula is C11H8N2OS. The molecule has 0 saturated heterocycles. The second-order valence-electron chi connectivity index (χ2n) is 3.64. The molecule has 0 unspecified atom stereocenters. The second-order valence-corrected chi connectivity index (χ2v) is 4.72. The van der Waals surface area contributed by atoms with Crippen LogP contribution in [-0.2, 0) is 11.2 Å². The summed E-state index contributed by atoms with van der Waals surface area (Å²) in [5.41, 5.74) is 2.01. The van der Waals surface area contributed by atoms with Gasteiger partial charge in [0.15, 0.2) is 0 Å². The quantitative estimate of drug-likeness (QED) is 0.678. The van der Waals surface area contributed by atoms with Gasteiger partial charge in [0.1, 0.15) is 16.9 Å². The summed E-state index contributed by atoms with van der Waals surface area (Å²) in [5, 5.41) is 1.04. The summed E-state index contributed by atoms with van der Waals surface area (Å²) in [7, 11) is 0. The molecule has 0 atom stereocenters. The maximum Gasteiger partial charge on any atom is 0.142 e. The van der Waals surface area contributed by atoms with Crippen molar-refractivity contribution in [2.45, 2.75) is 12.8 Å². The summed E-state index contributed by atoms with van der Waals surface area (Å²) in [6.45, 7) is 3.96. The lowest BCUT2D eigenvalue weighted by Gasteiger charge is -2.12. The number of carbonyl (C=O) groups excluding carboxylic acids is 1. The predicted octanol–water partition coefficient (Wildman–Crippen LogP) is 2.22. The van der Waals surface area contributed by atoms with Gasteiger partial charge in [-0.1, -0.05) is 6.58 Å². The van der Waals surface area contributed by atoms with Crippen molar-refractivity contribution in [3.8, 4) is 0 Å². The van der Waals surface area contributed by atoms with Crippen molar-refractivity contribution in [1.82, 2.24) is 9.97 Å². The monoisotopic (exact) mass is 216 g/mol. The van der Waals surface area contributed by atoms with Gasteiger partial charge in [0.2, 0.25) is 0 Å². The largest absolute Gasteiger partial charge is 0.299 e. The second kappa shape index (κ2) is 2.97. The van der Waals surface area contributed by atoms with E-state index in [4.69, 9.17) is 0 Å². The Labute approximate surface area is 90.5 Å². The zero-order chi connectivity index (χ0) is 10.4. The molecule has 0 N–H and O–H groups in total. The Morgan fingerprint density at radius 3 is 3.13 bits per heavy atom. The van der Waals surface area contributed by atoms with Crippen LogP contribution in [0.25, 0.3) is 15.8 Å². The van der Waals surface area contributed by atoms with Crippen LogP contribution in [0.1, 0.15) is 16.9 Å². The van der Waals surface area contributed by atoms with Gasteiger partial charge in [0.05, 0.1) is 0 Å². The van der Waals surface area contributed by atoms with Gasteiger partial charge in [0, 0.05) is 34.9 Å². The lowest BCUT2D eigenvalue weighted by atomic mass is 9.92. The molecule has 3 nitrogen and oxygen atoms in total. The number of carbonyl (C=O) groups is 1. The van der Waals surface area contributed by atoms with Crippen molar-refractivity contribution in [2.24, 2.45) is 0 Å². The minimum atomic E-state index is 0.243. The van der Waals surface area contributed by atoms with E-state index in [0.717, 1.165) is 26.2 Å². The SMILES string of the molecule is C=C1CC(=O)Cc2sc3ncncc3c21. The fourth-order valence-electron chi connectivity index (χ4n) is 1.97. The number of allylic oxidation sites excluding steroid dienone is 1. The van der Waals surface area contributed by atoms with Gasteiger partial charge in [-0.15, -0.1) is 11.3 Å². The average Bonchev–Trinajstić information content (AvgIpc) is 2.54. The minimum Gasteiger partial charge on any atom is -0.299 e. The van der Waals surface area contributed by atoms with E-state index in [1.165, 1.54) is 6.33 Å². The van der Waals surface area contributed by atoms with Crippen LogP contribution in [0.15, 0.2) is 19.1 Å². The van der Waals surface area contributed by atoms with Crippen LogP contribution in [0.2, 0.25) is 0 Å². The van der Waals surface area contributed by atoms with Crippen LogP contribution >= 0.6 is 11.3 Å². The molecule has 15 heavy (non-hydrogen) atoms. The van der Waals surface area contributed by atoms with Crippen LogP contribution in [0.3, 0.4) is 0 Å². The molecule has 0 bridgehead atoms. The van der Waals surface area contributed by atoms with E-state index in [2.05, 4.69) is 16.5 Å². The predicted molar refractivity (Wildman–Crippen MR) is 59.8 cm³/mol. The Bertz CT molecular complexity index is 585. The zero-order valence-corrected chi connectivity index (χ0v) is 8.80. The molecular weight excluding hydrogens is 208 g/mol. The van der Waals surface area contributed by atoms with Gasteiger partial charge in [-0.25, -0.2) is 9.97 Å². The van der Waals surface area contributed by atoms with Crippen LogP contribution in [0.5, 0.6) is 0 Å². The molecule has 0 spiro atoms. The van der Waals surface area contributed by atoms with E-state index in [-0.39, 0.29) is 5.78 Å². The highest BCUT2D eigenvalue weighted by molar-refractivity contribution is 7.19. The van der Waals surface area contributed by atoms with Crippen LogP contribution in [0, 0.1) is 0 Å². The average molecular weight is 216 g/mol. The van der Waals surface area contributed by atoms with Crippen molar-refractivity contribution >= 4 is 32.9 Å². The maximum atomic E-state index is 11.4. The molecule has 0 saturated carbocycles. The highest BCUT2D eigenvalue weighted by Gasteiger charge is 2.23. The van der Waals surface area contributed by atoms with Gasteiger partial charge < -0.3 is 0 Å². The fourth-order valence-corrected chi connectivity index (χ4v) is 3.16. The zero-order valence-electron chi connectivity index (χ0n) is 7.99. The summed E-state index contributed by atoms with van der Waals surface area (Å²) < 4.78 is 0. The normalized spacial score (nSPS) is 15.7. The Morgan fingerprint density at radius 1 is 1.40 bits per heavy atom. The van der Waals surface area contributed by atoms with Gasteiger partial charge in [-0.3, -0.25) is 4.79 Å². The topological polar surface area (TPSA) is 42.9 Å². The lowest BCUT2D eigenvalue weighted by molar-refractivity contribution is -0.117. The van der Waals surface area contributed by atoms with Crippen molar-refractivity contribution < 1.29 is 4.79 Å². The van der Waals surface area contributed by atoms with Crippen LogP contribution < -0.4 is 0 Å². The molecule has 0 aromatic carbocycles. The number of fused-ring (bicyclic) bond motifs is 3. The van der Waals surface area contributed by atoms with E-state index in [9.17, 15) is 4.79 Å². The summed E-state index contributed by atoms with van der Waals surface area (Å²) in [5.74, 6) is 0.243. The van der Waals surface area contributed by atoms with E-state index < -0.39 is 0 Å². The molecule has 74 valence electrons. The molecule has 0 radical (unpaired) electrons. The van der Waals surface area contributed by atoms with E-state index in [0.29, 0.717) is 12.8 Å². The summed E-state index contributed by atoms with van der Waals surface area (Å²) in [6, 6.07) is 0. The van der Waals surface area contributed by atoms with Crippen molar-refractivity contribution in [3.05, 3.63) is 29.5 Å². The van der Waals surface area contributed by atoms with E-state index >= 15 is 0 Å². The molecule has 0 fully saturated rings. The number of Topliss-reactive ketones (excluding diaryl/α,β-unsaturated/α-hetero) is 1. The number of thiophene rings is 1. The van der Waals surface area contributed by atoms with E-state index in [1.54, 1.807) is 17.5 Å². The lowest BCUT2D eigenvalue weighted by Crippen LogP contribution is -2.09. The molecule has 1 aliphatic rings. The highest BCUT2D eigenvalue weighted by Crippen LogP contribution is 2.38.